The number of amides is 1. The molecule has 2 fully saturated rings. The molecule has 4 aromatic carbocycles. The van der Waals surface area contributed by atoms with Crippen LogP contribution >= 0.6 is 0 Å². The Morgan fingerprint density at radius 1 is 0.854 bits per heavy atom. The molecular weight excluding hydrogens is 617 g/mol. The molecule has 4 aromatic rings. The van der Waals surface area contributed by atoms with Gasteiger partial charge in [-0.2, -0.15) is 0 Å². The van der Waals surface area contributed by atoms with E-state index in [0.717, 1.165) is 11.3 Å². The highest BCUT2D eigenvalue weighted by molar-refractivity contribution is 5.97. The van der Waals surface area contributed by atoms with Gasteiger partial charge in [0.15, 0.2) is 0 Å². The van der Waals surface area contributed by atoms with Crippen LogP contribution in [-0.4, -0.2) is 67.6 Å². The van der Waals surface area contributed by atoms with Crippen molar-refractivity contribution in [1.82, 2.24) is 0 Å². The molecule has 0 aliphatic carbocycles. The van der Waals surface area contributed by atoms with Gasteiger partial charge in [0.1, 0.15) is 42.1 Å². The van der Waals surface area contributed by atoms with Gasteiger partial charge < -0.3 is 40.3 Å². The molecule has 9 nitrogen and oxygen atoms in total. The highest BCUT2D eigenvalue weighted by Crippen LogP contribution is 2.47. The number of phenolic OH excluding ortho intramolecular Hbond substituents is 1. The maximum Gasteiger partial charge on any atom is 0.227 e. The third kappa shape index (κ3) is 6.86. The van der Waals surface area contributed by atoms with Crippen LogP contribution in [0.1, 0.15) is 60.6 Å². The van der Waals surface area contributed by atoms with Gasteiger partial charge in [0.2, 0.25) is 5.91 Å². The molecule has 2 aliphatic heterocycles. The standard InChI is InChI=1S/C38H40FNO8/c39-27-16-13-23(14-17-27)30(42)8-4-5-26-20-33(44)40(28-6-2-1-3-7-28)34(26)29-18-15-25(19-31(29)43)22-9-11-24(12-10-22)38-37(47)36(46)35(45)32(21-41)48-38/h1-3,6-7,9-19,26,30,32,34-38,41-43,45-47H,4-5,8,20-21H2/t26-,30+,32+,34-,35+,36-,37+,38?/m0/s1. The quantitative estimate of drug-likeness (QED) is 0.144. The Bertz CT molecular complexity index is 1680. The number of hydrogen-bond donors (Lipinski definition) is 6. The van der Waals surface area contributed by atoms with E-state index in [1.165, 1.54) is 12.1 Å². The monoisotopic (exact) mass is 657 g/mol. The van der Waals surface area contributed by atoms with Crippen molar-refractivity contribution in [2.45, 2.75) is 68.3 Å². The van der Waals surface area contributed by atoms with Crippen LogP contribution in [0.3, 0.4) is 0 Å². The summed E-state index contributed by atoms with van der Waals surface area (Å²) in [5.74, 6) is -0.520. The Kier molecular flexibility index (Phi) is 10.2. The smallest absolute Gasteiger partial charge is 0.227 e. The summed E-state index contributed by atoms with van der Waals surface area (Å²) in [6.45, 7) is -0.516. The van der Waals surface area contributed by atoms with Crippen LogP contribution in [0.5, 0.6) is 5.75 Å². The summed E-state index contributed by atoms with van der Waals surface area (Å²) >= 11 is 0. The average Bonchev–Trinajstić information content (AvgIpc) is 3.43. The van der Waals surface area contributed by atoms with Gasteiger partial charge in [-0.1, -0.05) is 73.2 Å². The van der Waals surface area contributed by atoms with Crippen LogP contribution in [0.2, 0.25) is 0 Å². The van der Waals surface area contributed by atoms with E-state index >= 15 is 0 Å². The van der Waals surface area contributed by atoms with Crippen molar-refractivity contribution in [3.05, 3.63) is 120 Å². The van der Waals surface area contributed by atoms with Gasteiger partial charge in [0, 0.05) is 17.7 Å². The van der Waals surface area contributed by atoms with Gasteiger partial charge in [-0.15, -0.1) is 0 Å². The Morgan fingerprint density at radius 2 is 1.54 bits per heavy atom. The second kappa shape index (κ2) is 14.5. The van der Waals surface area contributed by atoms with Gasteiger partial charge in [-0.25, -0.2) is 4.39 Å². The molecule has 0 radical (unpaired) electrons. The number of ether oxygens (including phenoxy) is 1. The summed E-state index contributed by atoms with van der Waals surface area (Å²) in [6.07, 6.45) is -5.07. The minimum atomic E-state index is -1.48. The summed E-state index contributed by atoms with van der Waals surface area (Å²) in [5, 5.41) is 62.5. The molecular formula is C38H40FNO8. The highest BCUT2D eigenvalue weighted by atomic mass is 19.1. The zero-order valence-corrected chi connectivity index (χ0v) is 26.2. The normalized spacial score (nSPS) is 26.5. The number of carbonyl (C=O) groups is 1. The predicted octanol–water partition coefficient (Wildman–Crippen LogP) is 4.71. The fraction of sp³-hybridized carbons (Fsp3) is 0.342. The summed E-state index contributed by atoms with van der Waals surface area (Å²) in [7, 11) is 0. The Hall–Kier alpha value is -4.16. The number of aliphatic hydroxyl groups excluding tert-OH is 5. The molecule has 10 heteroatoms. The molecule has 6 N–H and O–H groups in total. The summed E-state index contributed by atoms with van der Waals surface area (Å²) in [5.41, 5.74) is 4.00. The van der Waals surface area contributed by atoms with Crippen molar-refractivity contribution < 1.29 is 44.6 Å². The van der Waals surface area contributed by atoms with E-state index < -0.39 is 49.3 Å². The van der Waals surface area contributed by atoms with Crippen molar-refractivity contribution >= 4 is 11.6 Å². The lowest BCUT2D eigenvalue weighted by molar-refractivity contribution is -0.231. The van der Waals surface area contributed by atoms with Crippen LogP contribution in [0.25, 0.3) is 11.1 Å². The number of rotatable bonds is 10. The number of anilines is 1. The first-order valence-electron chi connectivity index (χ1n) is 16.2. The average molecular weight is 658 g/mol. The molecule has 8 atom stereocenters. The number of para-hydroxylation sites is 1. The SMILES string of the molecule is O=C1C[C@H](CCC[C@@H](O)c2ccc(F)cc2)[C@@H](c2ccc(-c3ccc(C4O[C@H](CO)[C@@H](O)[C@H](O)[C@H]4O)cc3)cc2O)N1c1ccccc1. The molecule has 0 spiro atoms. The van der Waals surface area contributed by atoms with Gasteiger partial charge in [0.25, 0.3) is 0 Å². The van der Waals surface area contributed by atoms with Gasteiger partial charge in [-0.05, 0) is 71.3 Å². The molecule has 6 rings (SSSR count). The van der Waals surface area contributed by atoms with Crippen molar-refractivity contribution in [2.75, 3.05) is 11.5 Å². The molecule has 0 aromatic heterocycles. The van der Waals surface area contributed by atoms with Crippen molar-refractivity contribution in [1.29, 1.82) is 0 Å². The fourth-order valence-corrected chi connectivity index (χ4v) is 6.99. The Balaban J connectivity index is 1.22. The van der Waals surface area contributed by atoms with E-state index in [4.69, 9.17) is 4.74 Å². The van der Waals surface area contributed by atoms with E-state index in [1.807, 2.05) is 42.5 Å². The minimum absolute atomic E-state index is 0.0301. The van der Waals surface area contributed by atoms with Crippen molar-refractivity contribution in [3.8, 4) is 16.9 Å². The van der Waals surface area contributed by atoms with E-state index in [-0.39, 0.29) is 29.8 Å². The second-order valence-corrected chi connectivity index (χ2v) is 12.7. The van der Waals surface area contributed by atoms with E-state index in [9.17, 15) is 39.8 Å². The topological polar surface area (TPSA) is 151 Å². The van der Waals surface area contributed by atoms with Crippen molar-refractivity contribution in [3.63, 3.8) is 0 Å². The fourth-order valence-electron chi connectivity index (χ4n) is 6.99. The van der Waals surface area contributed by atoms with E-state index in [1.54, 1.807) is 47.4 Å². The molecule has 1 unspecified atom stereocenters. The number of halogens is 1. The summed E-state index contributed by atoms with van der Waals surface area (Å²) in [4.78, 5) is 15.2. The van der Waals surface area contributed by atoms with Gasteiger partial charge in [-0.3, -0.25) is 4.79 Å². The summed E-state index contributed by atoms with van der Waals surface area (Å²) < 4.78 is 19.0. The van der Waals surface area contributed by atoms with E-state index in [2.05, 4.69) is 0 Å². The summed E-state index contributed by atoms with van der Waals surface area (Å²) in [6, 6.07) is 27.1. The van der Waals surface area contributed by atoms with E-state index in [0.29, 0.717) is 41.5 Å². The zero-order chi connectivity index (χ0) is 33.9. The first-order chi connectivity index (χ1) is 23.2. The number of hydrogen-bond acceptors (Lipinski definition) is 8. The lowest BCUT2D eigenvalue weighted by atomic mass is 9.87. The first-order valence-corrected chi connectivity index (χ1v) is 16.2. The second-order valence-electron chi connectivity index (χ2n) is 12.7. The van der Waals surface area contributed by atoms with Crippen LogP contribution in [0.15, 0.2) is 97.1 Å². The zero-order valence-electron chi connectivity index (χ0n) is 26.2. The molecule has 2 aliphatic rings. The Morgan fingerprint density at radius 3 is 2.21 bits per heavy atom. The Labute approximate surface area is 278 Å². The lowest BCUT2D eigenvalue weighted by Crippen LogP contribution is -2.55. The van der Waals surface area contributed by atoms with Gasteiger partial charge in [0.05, 0.1) is 18.8 Å². The third-order valence-electron chi connectivity index (χ3n) is 9.59. The number of benzene rings is 4. The number of aliphatic hydroxyl groups is 5. The number of carbonyl (C=O) groups excluding carboxylic acids is 1. The number of phenols is 1. The predicted molar refractivity (Wildman–Crippen MR) is 176 cm³/mol. The van der Waals surface area contributed by atoms with Crippen LogP contribution < -0.4 is 4.90 Å². The molecule has 48 heavy (non-hydrogen) atoms. The highest BCUT2D eigenvalue weighted by Gasteiger charge is 2.44. The van der Waals surface area contributed by atoms with Crippen LogP contribution in [-0.2, 0) is 9.53 Å². The van der Waals surface area contributed by atoms with Crippen LogP contribution in [0.4, 0.5) is 10.1 Å². The lowest BCUT2D eigenvalue weighted by Gasteiger charge is -2.40. The van der Waals surface area contributed by atoms with Gasteiger partial charge >= 0.3 is 0 Å². The van der Waals surface area contributed by atoms with Crippen LogP contribution in [0, 0.1) is 11.7 Å². The maximum atomic E-state index is 13.5. The first kappa shape index (κ1) is 33.7. The molecule has 252 valence electrons. The largest absolute Gasteiger partial charge is 0.508 e. The minimum Gasteiger partial charge on any atom is -0.508 e. The molecule has 0 saturated carbocycles. The molecule has 1 amide bonds. The van der Waals surface area contributed by atoms with Crippen molar-refractivity contribution in [2.24, 2.45) is 5.92 Å². The molecule has 2 heterocycles. The third-order valence-corrected chi connectivity index (χ3v) is 9.59. The maximum absolute atomic E-state index is 13.5. The molecule has 2 saturated heterocycles. The number of aromatic hydroxyl groups is 1. The number of nitrogens with zero attached hydrogens (tertiary/aromatic N) is 1. The molecule has 0 bridgehead atoms.